The van der Waals surface area contributed by atoms with Crippen LogP contribution < -0.4 is 10.5 Å². The zero-order chi connectivity index (χ0) is 17.4. The molecule has 0 aliphatic rings. The first-order valence-corrected chi connectivity index (χ1v) is 8.62. The minimum absolute atomic E-state index is 0.150. The van der Waals surface area contributed by atoms with E-state index in [1.807, 2.05) is 19.1 Å². The van der Waals surface area contributed by atoms with E-state index in [0.717, 1.165) is 0 Å². The van der Waals surface area contributed by atoms with E-state index in [9.17, 15) is 8.42 Å². The van der Waals surface area contributed by atoms with Gasteiger partial charge in [0.05, 0.1) is 4.90 Å². The molecule has 24 heavy (non-hydrogen) atoms. The average Bonchev–Trinajstić information content (AvgIpc) is 2.57. The molecule has 7 heteroatoms. The number of rotatable bonds is 3. The molecule has 3 aromatic rings. The first-order valence-electron chi connectivity index (χ1n) is 7.13. The number of aryl methyl sites for hydroxylation is 1. The number of hydrogen-bond acceptors (Lipinski definition) is 5. The SMILES string of the molecule is Cc1ccncc1.Nc1ccc(S(=O)(=O)Nc2ccccn2)cc1. The zero-order valence-electron chi connectivity index (χ0n) is 13.1. The maximum Gasteiger partial charge on any atom is 0.263 e. The van der Waals surface area contributed by atoms with Gasteiger partial charge in [0.1, 0.15) is 5.82 Å². The normalized spacial score (nSPS) is 10.4. The van der Waals surface area contributed by atoms with Crippen LogP contribution in [0.4, 0.5) is 11.5 Å². The lowest BCUT2D eigenvalue weighted by Gasteiger charge is -2.06. The largest absolute Gasteiger partial charge is 0.399 e. The fraction of sp³-hybridized carbons (Fsp3) is 0.0588. The Bertz CT molecular complexity index is 852. The second-order valence-electron chi connectivity index (χ2n) is 4.91. The molecule has 0 saturated carbocycles. The van der Waals surface area contributed by atoms with E-state index in [-0.39, 0.29) is 10.7 Å². The number of anilines is 2. The smallest absolute Gasteiger partial charge is 0.263 e. The van der Waals surface area contributed by atoms with Crippen LogP contribution in [0.15, 0.2) is 78.1 Å². The van der Waals surface area contributed by atoms with Gasteiger partial charge in [-0.15, -0.1) is 0 Å². The van der Waals surface area contributed by atoms with Crippen molar-refractivity contribution >= 4 is 21.5 Å². The lowest BCUT2D eigenvalue weighted by molar-refractivity contribution is 0.601. The summed E-state index contributed by atoms with van der Waals surface area (Å²) in [5.41, 5.74) is 7.27. The highest BCUT2D eigenvalue weighted by Crippen LogP contribution is 2.15. The van der Waals surface area contributed by atoms with Crippen LogP contribution in [-0.4, -0.2) is 18.4 Å². The van der Waals surface area contributed by atoms with Gasteiger partial charge in [-0.05, 0) is 61.0 Å². The number of aromatic nitrogens is 2. The third kappa shape index (κ3) is 5.36. The summed E-state index contributed by atoms with van der Waals surface area (Å²) in [5, 5.41) is 0. The number of nitrogens with zero attached hydrogens (tertiary/aromatic N) is 2. The molecule has 0 amide bonds. The Hall–Kier alpha value is -2.93. The highest BCUT2D eigenvalue weighted by Gasteiger charge is 2.13. The molecule has 0 unspecified atom stereocenters. The van der Waals surface area contributed by atoms with Gasteiger partial charge in [0.25, 0.3) is 10.0 Å². The molecule has 3 N–H and O–H groups in total. The topological polar surface area (TPSA) is 98.0 Å². The molecule has 0 spiro atoms. The van der Waals surface area contributed by atoms with E-state index < -0.39 is 10.0 Å². The molecule has 124 valence electrons. The Balaban J connectivity index is 0.000000249. The second kappa shape index (κ2) is 8.07. The van der Waals surface area contributed by atoms with Gasteiger partial charge < -0.3 is 5.73 Å². The minimum atomic E-state index is -3.60. The van der Waals surface area contributed by atoms with Crippen molar-refractivity contribution in [2.75, 3.05) is 10.5 Å². The lowest BCUT2D eigenvalue weighted by atomic mass is 10.3. The predicted octanol–water partition coefficient (Wildman–Crippen LogP) is 2.85. The Morgan fingerprint density at radius 3 is 2.08 bits per heavy atom. The van der Waals surface area contributed by atoms with Crippen LogP contribution in [0, 0.1) is 6.92 Å². The van der Waals surface area contributed by atoms with Gasteiger partial charge in [-0.25, -0.2) is 13.4 Å². The van der Waals surface area contributed by atoms with Gasteiger partial charge in [-0.3, -0.25) is 9.71 Å². The summed E-state index contributed by atoms with van der Waals surface area (Å²) in [5.74, 6) is 0.282. The number of benzene rings is 1. The maximum absolute atomic E-state index is 11.9. The fourth-order valence-corrected chi connectivity index (χ4v) is 2.70. The molecule has 3 rings (SSSR count). The second-order valence-corrected chi connectivity index (χ2v) is 6.60. The molecule has 0 aliphatic carbocycles. The van der Waals surface area contributed by atoms with Crippen molar-refractivity contribution in [3.63, 3.8) is 0 Å². The van der Waals surface area contributed by atoms with Crippen molar-refractivity contribution in [1.82, 2.24) is 9.97 Å². The van der Waals surface area contributed by atoms with Crippen molar-refractivity contribution < 1.29 is 8.42 Å². The first kappa shape index (κ1) is 17.4. The van der Waals surface area contributed by atoms with Crippen molar-refractivity contribution in [2.45, 2.75) is 11.8 Å². The summed E-state index contributed by atoms with van der Waals surface area (Å²) >= 11 is 0. The molecule has 0 fully saturated rings. The first-order chi connectivity index (χ1) is 11.5. The Kier molecular flexibility index (Phi) is 5.86. The number of nitrogens with two attached hydrogens (primary N) is 1. The number of nitrogens with one attached hydrogen (secondary N) is 1. The molecule has 2 heterocycles. The summed E-state index contributed by atoms with van der Waals surface area (Å²) in [6, 6.07) is 14.9. The summed E-state index contributed by atoms with van der Waals surface area (Å²) in [6.45, 7) is 2.04. The molecule has 0 atom stereocenters. The highest BCUT2D eigenvalue weighted by molar-refractivity contribution is 7.92. The maximum atomic E-state index is 11.9. The molecule has 0 saturated heterocycles. The van der Waals surface area contributed by atoms with E-state index in [1.165, 1.54) is 36.0 Å². The van der Waals surface area contributed by atoms with Crippen LogP contribution in [0.3, 0.4) is 0 Å². The van der Waals surface area contributed by atoms with Gasteiger partial charge in [0.15, 0.2) is 0 Å². The third-order valence-corrected chi connectivity index (χ3v) is 4.31. The van der Waals surface area contributed by atoms with Gasteiger partial charge in [-0.2, -0.15) is 0 Å². The van der Waals surface area contributed by atoms with Crippen molar-refractivity contribution in [1.29, 1.82) is 0 Å². The summed E-state index contributed by atoms with van der Waals surface area (Å²) < 4.78 is 26.2. The highest BCUT2D eigenvalue weighted by atomic mass is 32.2. The van der Waals surface area contributed by atoms with Gasteiger partial charge in [0, 0.05) is 24.3 Å². The van der Waals surface area contributed by atoms with E-state index in [1.54, 1.807) is 30.6 Å². The van der Waals surface area contributed by atoms with Crippen LogP contribution in [0.25, 0.3) is 0 Å². The molecular weight excluding hydrogens is 324 g/mol. The summed E-state index contributed by atoms with van der Waals surface area (Å²) in [4.78, 5) is 7.89. The van der Waals surface area contributed by atoms with E-state index in [4.69, 9.17) is 5.73 Å². The average molecular weight is 342 g/mol. The molecule has 0 aliphatic heterocycles. The van der Waals surface area contributed by atoms with E-state index in [0.29, 0.717) is 5.69 Å². The molecule has 0 bridgehead atoms. The standard InChI is InChI=1S/C11H11N3O2S.C6H7N/c12-9-4-6-10(7-5-9)17(15,16)14-11-3-1-2-8-13-11;1-6-2-4-7-5-3-6/h1-8H,12H2,(H,13,14);2-5H,1H3. The van der Waals surface area contributed by atoms with Gasteiger partial charge in [-0.1, -0.05) is 6.07 Å². The van der Waals surface area contributed by atoms with Crippen LogP contribution in [0.5, 0.6) is 0 Å². The summed E-state index contributed by atoms with van der Waals surface area (Å²) in [6.07, 6.45) is 5.09. The number of nitrogen functional groups attached to an aromatic ring is 1. The van der Waals surface area contributed by atoms with Crippen LogP contribution in [0.2, 0.25) is 0 Å². The molecule has 6 nitrogen and oxygen atoms in total. The van der Waals surface area contributed by atoms with E-state index >= 15 is 0 Å². The minimum Gasteiger partial charge on any atom is -0.399 e. The third-order valence-electron chi connectivity index (χ3n) is 2.94. The number of hydrogen-bond donors (Lipinski definition) is 2. The lowest BCUT2D eigenvalue weighted by Crippen LogP contribution is -2.13. The Morgan fingerprint density at radius 2 is 1.58 bits per heavy atom. The monoisotopic (exact) mass is 342 g/mol. The fourth-order valence-electron chi connectivity index (χ4n) is 1.69. The molecule has 0 radical (unpaired) electrons. The summed E-state index contributed by atoms with van der Waals surface area (Å²) in [7, 11) is -3.60. The number of sulfonamides is 1. The molecular formula is C17H18N4O2S. The van der Waals surface area contributed by atoms with Gasteiger partial charge in [0.2, 0.25) is 0 Å². The van der Waals surface area contributed by atoms with Crippen LogP contribution >= 0.6 is 0 Å². The molecule has 1 aromatic carbocycles. The van der Waals surface area contributed by atoms with Crippen LogP contribution in [0.1, 0.15) is 5.56 Å². The van der Waals surface area contributed by atoms with Crippen molar-refractivity contribution in [3.05, 3.63) is 78.8 Å². The zero-order valence-corrected chi connectivity index (χ0v) is 13.9. The Labute approximate surface area is 141 Å². The van der Waals surface area contributed by atoms with E-state index in [2.05, 4.69) is 14.7 Å². The predicted molar refractivity (Wildman–Crippen MR) is 94.9 cm³/mol. The Morgan fingerprint density at radius 1 is 0.917 bits per heavy atom. The van der Waals surface area contributed by atoms with Crippen molar-refractivity contribution in [3.8, 4) is 0 Å². The number of pyridine rings is 2. The quantitative estimate of drug-likeness (QED) is 0.713. The van der Waals surface area contributed by atoms with Crippen molar-refractivity contribution in [2.24, 2.45) is 0 Å². The van der Waals surface area contributed by atoms with Gasteiger partial charge >= 0.3 is 0 Å². The molecule has 2 aromatic heterocycles. The van der Waals surface area contributed by atoms with Crippen LogP contribution in [-0.2, 0) is 10.0 Å².